The molecule has 0 saturated heterocycles. The summed E-state index contributed by atoms with van der Waals surface area (Å²) < 4.78 is 0. The van der Waals surface area contributed by atoms with Crippen LogP contribution < -0.4 is 5.32 Å². The Hall–Kier alpha value is -2.41. The Labute approximate surface area is 108 Å². The van der Waals surface area contributed by atoms with E-state index in [0.717, 1.165) is 5.52 Å². The van der Waals surface area contributed by atoms with E-state index in [1.54, 1.807) is 18.2 Å². The SMILES string of the molecule is O=C(N[C@H](CCO)C(=O)O)c1ccc2nc[nH]c2c1. The van der Waals surface area contributed by atoms with Crippen LogP contribution in [-0.2, 0) is 4.79 Å². The highest BCUT2D eigenvalue weighted by atomic mass is 16.4. The van der Waals surface area contributed by atoms with Gasteiger partial charge in [-0.15, -0.1) is 0 Å². The summed E-state index contributed by atoms with van der Waals surface area (Å²) in [5.41, 5.74) is 1.75. The molecule has 1 aromatic carbocycles. The van der Waals surface area contributed by atoms with Crippen LogP contribution in [0.25, 0.3) is 11.0 Å². The molecule has 0 fully saturated rings. The first-order chi connectivity index (χ1) is 9.11. The highest BCUT2D eigenvalue weighted by Gasteiger charge is 2.20. The van der Waals surface area contributed by atoms with Crippen molar-refractivity contribution >= 4 is 22.9 Å². The van der Waals surface area contributed by atoms with Crippen LogP contribution in [-0.4, -0.2) is 44.7 Å². The molecule has 0 aliphatic heterocycles. The van der Waals surface area contributed by atoms with Crippen molar-refractivity contribution in [1.29, 1.82) is 0 Å². The lowest BCUT2D eigenvalue weighted by molar-refractivity contribution is -0.139. The first-order valence-corrected chi connectivity index (χ1v) is 5.69. The van der Waals surface area contributed by atoms with Crippen molar-refractivity contribution in [2.45, 2.75) is 12.5 Å². The lowest BCUT2D eigenvalue weighted by Crippen LogP contribution is -2.41. The zero-order valence-electron chi connectivity index (χ0n) is 9.96. The summed E-state index contributed by atoms with van der Waals surface area (Å²) in [6.45, 7) is -0.309. The molecular weight excluding hydrogens is 250 g/mol. The lowest BCUT2D eigenvalue weighted by Gasteiger charge is -2.13. The molecule has 1 amide bonds. The number of aromatic amines is 1. The Bertz CT molecular complexity index is 608. The molecule has 4 N–H and O–H groups in total. The van der Waals surface area contributed by atoms with Crippen molar-refractivity contribution < 1.29 is 19.8 Å². The van der Waals surface area contributed by atoms with Crippen molar-refractivity contribution in [1.82, 2.24) is 15.3 Å². The van der Waals surface area contributed by atoms with E-state index >= 15 is 0 Å². The number of fused-ring (bicyclic) bond motifs is 1. The third kappa shape index (κ3) is 2.89. The Morgan fingerprint density at radius 1 is 1.42 bits per heavy atom. The number of aliphatic hydroxyl groups excluding tert-OH is 1. The number of hydrogen-bond acceptors (Lipinski definition) is 4. The van der Waals surface area contributed by atoms with E-state index in [0.29, 0.717) is 11.1 Å². The van der Waals surface area contributed by atoms with Crippen molar-refractivity contribution in [3.05, 3.63) is 30.1 Å². The van der Waals surface area contributed by atoms with E-state index in [2.05, 4.69) is 15.3 Å². The molecular formula is C12H13N3O4. The zero-order chi connectivity index (χ0) is 13.8. The van der Waals surface area contributed by atoms with E-state index in [1.807, 2.05) is 0 Å². The molecule has 1 aromatic heterocycles. The number of amides is 1. The van der Waals surface area contributed by atoms with Gasteiger partial charge >= 0.3 is 5.97 Å². The molecule has 100 valence electrons. The zero-order valence-corrected chi connectivity index (χ0v) is 9.96. The van der Waals surface area contributed by atoms with Crippen molar-refractivity contribution in [3.8, 4) is 0 Å². The van der Waals surface area contributed by atoms with E-state index < -0.39 is 17.9 Å². The molecule has 0 bridgehead atoms. The predicted molar refractivity (Wildman–Crippen MR) is 66.7 cm³/mol. The number of hydrogen-bond donors (Lipinski definition) is 4. The van der Waals surface area contributed by atoms with Crippen LogP contribution in [0, 0.1) is 0 Å². The number of aliphatic hydroxyl groups is 1. The van der Waals surface area contributed by atoms with Gasteiger partial charge in [-0.3, -0.25) is 4.79 Å². The molecule has 0 saturated carbocycles. The highest BCUT2D eigenvalue weighted by Crippen LogP contribution is 2.11. The Morgan fingerprint density at radius 3 is 2.89 bits per heavy atom. The fourth-order valence-corrected chi connectivity index (χ4v) is 1.70. The number of benzene rings is 1. The molecule has 19 heavy (non-hydrogen) atoms. The first kappa shape index (κ1) is 13.0. The largest absolute Gasteiger partial charge is 0.480 e. The maximum atomic E-state index is 11.9. The maximum absolute atomic E-state index is 11.9. The van der Waals surface area contributed by atoms with Gasteiger partial charge in [0, 0.05) is 18.6 Å². The lowest BCUT2D eigenvalue weighted by atomic mass is 10.1. The number of carboxylic acids is 1. The van der Waals surface area contributed by atoms with Crippen molar-refractivity contribution in [2.75, 3.05) is 6.61 Å². The average molecular weight is 263 g/mol. The number of carbonyl (C=O) groups is 2. The number of aromatic nitrogens is 2. The number of nitrogens with zero attached hydrogens (tertiary/aromatic N) is 1. The third-order valence-electron chi connectivity index (χ3n) is 2.70. The number of carbonyl (C=O) groups excluding carboxylic acids is 1. The topological polar surface area (TPSA) is 115 Å². The summed E-state index contributed by atoms with van der Waals surface area (Å²) >= 11 is 0. The normalized spacial score (nSPS) is 12.3. The number of aliphatic carboxylic acids is 1. The minimum Gasteiger partial charge on any atom is -0.480 e. The molecule has 2 rings (SSSR count). The number of carboxylic acid groups (broad SMARTS) is 1. The van der Waals surface area contributed by atoms with Crippen LogP contribution in [0.15, 0.2) is 24.5 Å². The van der Waals surface area contributed by atoms with E-state index in [1.165, 1.54) is 6.33 Å². The van der Waals surface area contributed by atoms with Gasteiger partial charge < -0.3 is 20.5 Å². The molecule has 0 aliphatic carbocycles. The van der Waals surface area contributed by atoms with Crippen LogP contribution in [0.2, 0.25) is 0 Å². The van der Waals surface area contributed by atoms with Gasteiger partial charge in [-0.2, -0.15) is 0 Å². The third-order valence-corrected chi connectivity index (χ3v) is 2.70. The second-order valence-electron chi connectivity index (χ2n) is 4.01. The van der Waals surface area contributed by atoms with Crippen LogP contribution in [0.3, 0.4) is 0 Å². The van der Waals surface area contributed by atoms with Crippen LogP contribution >= 0.6 is 0 Å². The Kier molecular flexibility index (Phi) is 3.76. The summed E-state index contributed by atoms with van der Waals surface area (Å²) in [6, 6.07) is 3.73. The molecule has 0 aliphatic rings. The van der Waals surface area contributed by atoms with Crippen molar-refractivity contribution in [3.63, 3.8) is 0 Å². The maximum Gasteiger partial charge on any atom is 0.326 e. The summed E-state index contributed by atoms with van der Waals surface area (Å²) in [5.74, 6) is -1.68. The minimum atomic E-state index is -1.18. The predicted octanol–water partition coefficient (Wildman–Crippen LogP) is 0.128. The molecule has 0 spiro atoms. The molecule has 7 heteroatoms. The van der Waals surface area contributed by atoms with Gasteiger partial charge in [0.05, 0.1) is 17.4 Å². The van der Waals surface area contributed by atoms with Gasteiger partial charge in [-0.25, -0.2) is 9.78 Å². The second kappa shape index (κ2) is 5.49. The fraction of sp³-hybridized carbons (Fsp3) is 0.250. The van der Waals surface area contributed by atoms with E-state index in [-0.39, 0.29) is 13.0 Å². The summed E-state index contributed by atoms with van der Waals surface area (Å²) in [7, 11) is 0. The monoisotopic (exact) mass is 263 g/mol. The number of H-pyrrole nitrogens is 1. The number of rotatable bonds is 5. The highest BCUT2D eigenvalue weighted by molar-refractivity contribution is 5.99. The average Bonchev–Trinajstić information content (AvgIpc) is 2.85. The Morgan fingerprint density at radius 2 is 2.21 bits per heavy atom. The van der Waals surface area contributed by atoms with Gasteiger partial charge in [0.25, 0.3) is 5.91 Å². The van der Waals surface area contributed by atoms with Crippen LogP contribution in [0.4, 0.5) is 0 Å². The van der Waals surface area contributed by atoms with Crippen molar-refractivity contribution in [2.24, 2.45) is 0 Å². The molecule has 0 unspecified atom stereocenters. The van der Waals surface area contributed by atoms with Gasteiger partial charge in [-0.05, 0) is 18.2 Å². The Balaban J connectivity index is 2.16. The van der Waals surface area contributed by atoms with Gasteiger partial charge in [-0.1, -0.05) is 0 Å². The van der Waals surface area contributed by atoms with Gasteiger partial charge in [0.1, 0.15) is 6.04 Å². The molecule has 2 aromatic rings. The summed E-state index contributed by atoms with van der Waals surface area (Å²) in [5, 5.41) is 20.0. The van der Waals surface area contributed by atoms with Crippen LogP contribution in [0.5, 0.6) is 0 Å². The number of imidazole rings is 1. The molecule has 1 heterocycles. The fourth-order valence-electron chi connectivity index (χ4n) is 1.70. The molecule has 7 nitrogen and oxygen atoms in total. The minimum absolute atomic E-state index is 0.0344. The quantitative estimate of drug-likeness (QED) is 0.612. The van der Waals surface area contributed by atoms with Gasteiger partial charge in [0.15, 0.2) is 0 Å². The standard InChI is InChI=1S/C12H13N3O4/c16-4-3-9(12(18)19)15-11(17)7-1-2-8-10(5-7)14-6-13-8/h1-2,5-6,9,16H,3-4H2,(H,13,14)(H,15,17)(H,18,19)/t9-/m1/s1. The smallest absolute Gasteiger partial charge is 0.326 e. The van der Waals surface area contributed by atoms with E-state index in [4.69, 9.17) is 10.2 Å². The number of nitrogens with one attached hydrogen (secondary N) is 2. The summed E-state index contributed by atoms with van der Waals surface area (Å²) in [4.78, 5) is 29.7. The molecule has 0 radical (unpaired) electrons. The second-order valence-corrected chi connectivity index (χ2v) is 4.01. The van der Waals surface area contributed by atoms with E-state index in [9.17, 15) is 9.59 Å². The van der Waals surface area contributed by atoms with Crippen LogP contribution in [0.1, 0.15) is 16.8 Å². The first-order valence-electron chi connectivity index (χ1n) is 5.69. The molecule has 1 atom stereocenters. The summed E-state index contributed by atoms with van der Waals surface area (Å²) in [6.07, 6.45) is 1.48. The van der Waals surface area contributed by atoms with Gasteiger partial charge in [0.2, 0.25) is 0 Å².